The predicted molar refractivity (Wildman–Crippen MR) is 65.2 cm³/mol. The number of hydrogen-bond donors (Lipinski definition) is 2. The van der Waals surface area contributed by atoms with E-state index in [-0.39, 0.29) is 17.3 Å². The van der Waals surface area contributed by atoms with Crippen molar-refractivity contribution in [2.24, 2.45) is 7.05 Å². The first-order valence-corrected chi connectivity index (χ1v) is 5.34. The van der Waals surface area contributed by atoms with Gasteiger partial charge in [-0.2, -0.15) is 0 Å². The number of anilines is 1. The van der Waals surface area contributed by atoms with Crippen LogP contribution in [0.3, 0.4) is 0 Å². The van der Waals surface area contributed by atoms with Crippen LogP contribution in [0.5, 0.6) is 0 Å². The molecule has 17 heavy (non-hydrogen) atoms. The number of hydrogen-bond acceptors (Lipinski definition) is 3. The quantitative estimate of drug-likeness (QED) is 0.737. The second-order valence-electron chi connectivity index (χ2n) is 3.57. The molecule has 1 aromatic heterocycles. The van der Waals surface area contributed by atoms with Gasteiger partial charge in [0, 0.05) is 33.5 Å². The van der Waals surface area contributed by atoms with Gasteiger partial charge in [-0.1, -0.05) is 0 Å². The van der Waals surface area contributed by atoms with Crippen LogP contribution in [0.25, 0.3) is 0 Å². The molecular weight excluding hydrogens is 222 g/mol. The van der Waals surface area contributed by atoms with Crippen molar-refractivity contribution in [2.45, 2.75) is 6.42 Å². The van der Waals surface area contributed by atoms with E-state index in [1.165, 1.54) is 4.57 Å². The highest BCUT2D eigenvalue weighted by molar-refractivity contribution is 5.88. The van der Waals surface area contributed by atoms with E-state index in [1.807, 2.05) is 0 Å². The number of methoxy groups -OCH3 is 1. The van der Waals surface area contributed by atoms with Crippen molar-refractivity contribution in [1.82, 2.24) is 9.88 Å². The van der Waals surface area contributed by atoms with Crippen LogP contribution in [0, 0.1) is 0 Å². The fourth-order valence-electron chi connectivity index (χ4n) is 1.28. The molecule has 0 aliphatic heterocycles. The van der Waals surface area contributed by atoms with Gasteiger partial charge < -0.3 is 19.9 Å². The summed E-state index contributed by atoms with van der Waals surface area (Å²) in [5.41, 5.74) is 0.0267. The van der Waals surface area contributed by atoms with E-state index in [1.54, 1.807) is 32.5 Å². The molecule has 0 unspecified atom stereocenters. The van der Waals surface area contributed by atoms with Crippen LogP contribution in [-0.4, -0.2) is 30.9 Å². The summed E-state index contributed by atoms with van der Waals surface area (Å²) in [4.78, 5) is 23.0. The largest absolute Gasteiger partial charge is 0.385 e. The minimum atomic E-state index is -0.385. The van der Waals surface area contributed by atoms with Gasteiger partial charge in [-0.15, -0.1) is 0 Å². The van der Waals surface area contributed by atoms with E-state index in [0.29, 0.717) is 13.2 Å². The number of carbonyl (C=O) groups excluding carboxylic acids is 1. The number of aryl methyl sites for hydroxylation is 1. The number of carbonyl (C=O) groups is 1. The summed E-state index contributed by atoms with van der Waals surface area (Å²) in [7, 11) is 3.23. The minimum Gasteiger partial charge on any atom is -0.385 e. The number of rotatable bonds is 5. The van der Waals surface area contributed by atoms with Crippen LogP contribution in [0.4, 0.5) is 10.5 Å². The molecule has 1 aromatic rings. The molecule has 0 radical (unpaired) electrons. The van der Waals surface area contributed by atoms with Crippen LogP contribution >= 0.6 is 0 Å². The van der Waals surface area contributed by atoms with E-state index >= 15 is 0 Å². The third-order valence-corrected chi connectivity index (χ3v) is 2.18. The van der Waals surface area contributed by atoms with Crippen LogP contribution < -0.4 is 16.2 Å². The van der Waals surface area contributed by atoms with E-state index in [0.717, 1.165) is 6.42 Å². The smallest absolute Gasteiger partial charge is 0.319 e. The minimum absolute atomic E-state index is 0.237. The van der Waals surface area contributed by atoms with Crippen LogP contribution in [0.1, 0.15) is 6.42 Å². The lowest BCUT2D eigenvalue weighted by Gasteiger charge is -2.07. The van der Waals surface area contributed by atoms with Gasteiger partial charge in [-0.3, -0.25) is 4.79 Å². The molecule has 0 atom stereocenters. The van der Waals surface area contributed by atoms with E-state index in [4.69, 9.17) is 4.74 Å². The Hall–Kier alpha value is -1.82. The third kappa shape index (κ3) is 4.28. The van der Waals surface area contributed by atoms with E-state index in [2.05, 4.69) is 10.6 Å². The van der Waals surface area contributed by atoms with E-state index < -0.39 is 0 Å². The van der Waals surface area contributed by atoms with Gasteiger partial charge in [0.15, 0.2) is 0 Å². The molecule has 94 valence electrons. The maximum absolute atomic E-state index is 11.6. The number of urea groups is 1. The molecule has 6 heteroatoms. The molecule has 2 N–H and O–H groups in total. The molecule has 0 bridgehead atoms. The normalized spacial score (nSPS) is 10.0. The van der Waals surface area contributed by atoms with Gasteiger partial charge in [0.2, 0.25) is 0 Å². The molecule has 1 heterocycles. The molecular formula is C11H17N3O3. The van der Waals surface area contributed by atoms with Gasteiger partial charge in [0.1, 0.15) is 5.69 Å². The Morgan fingerprint density at radius 1 is 1.53 bits per heavy atom. The van der Waals surface area contributed by atoms with E-state index in [9.17, 15) is 9.59 Å². The number of ether oxygens (including phenoxy) is 1. The van der Waals surface area contributed by atoms with Gasteiger partial charge in [0.25, 0.3) is 5.56 Å². The lowest BCUT2D eigenvalue weighted by molar-refractivity contribution is 0.194. The van der Waals surface area contributed by atoms with Crippen LogP contribution in [0.15, 0.2) is 23.1 Å². The molecule has 0 aromatic carbocycles. The molecule has 0 fully saturated rings. The Kier molecular flexibility index (Phi) is 5.22. The SMILES string of the molecule is COCCCNC(=O)Nc1cccn(C)c1=O. The summed E-state index contributed by atoms with van der Waals surface area (Å²) in [5.74, 6) is 0. The zero-order valence-corrected chi connectivity index (χ0v) is 10.0. The Balaban J connectivity index is 2.46. The van der Waals surface area contributed by atoms with Crippen molar-refractivity contribution in [3.8, 4) is 0 Å². The molecule has 0 aliphatic rings. The summed E-state index contributed by atoms with van der Waals surface area (Å²) >= 11 is 0. The highest BCUT2D eigenvalue weighted by Gasteiger charge is 2.04. The second-order valence-corrected chi connectivity index (χ2v) is 3.57. The number of nitrogens with one attached hydrogen (secondary N) is 2. The first kappa shape index (κ1) is 13.2. The monoisotopic (exact) mass is 239 g/mol. The van der Waals surface area contributed by atoms with Crippen molar-refractivity contribution in [1.29, 1.82) is 0 Å². The topological polar surface area (TPSA) is 72.4 Å². The van der Waals surface area contributed by atoms with Crippen molar-refractivity contribution in [3.05, 3.63) is 28.7 Å². The Morgan fingerprint density at radius 3 is 3.00 bits per heavy atom. The Bertz CT molecular complexity index is 428. The summed E-state index contributed by atoms with van der Waals surface area (Å²) in [6.45, 7) is 1.10. The van der Waals surface area contributed by atoms with Gasteiger partial charge >= 0.3 is 6.03 Å². The number of nitrogens with zero attached hydrogens (tertiary/aromatic N) is 1. The summed E-state index contributed by atoms with van der Waals surface area (Å²) < 4.78 is 6.26. The standard InChI is InChI=1S/C11H17N3O3/c1-14-7-3-5-9(10(14)15)13-11(16)12-6-4-8-17-2/h3,5,7H,4,6,8H2,1-2H3,(H2,12,13,16). The lowest BCUT2D eigenvalue weighted by Crippen LogP contribution is -2.33. The van der Waals surface area contributed by atoms with Gasteiger partial charge in [-0.25, -0.2) is 4.79 Å². The lowest BCUT2D eigenvalue weighted by atomic mass is 10.4. The van der Waals surface area contributed by atoms with Crippen molar-refractivity contribution >= 4 is 11.7 Å². The van der Waals surface area contributed by atoms with Crippen molar-refractivity contribution < 1.29 is 9.53 Å². The maximum atomic E-state index is 11.6. The van der Waals surface area contributed by atoms with Gasteiger partial charge in [0.05, 0.1) is 0 Å². The van der Waals surface area contributed by atoms with Crippen molar-refractivity contribution in [3.63, 3.8) is 0 Å². The first-order valence-electron chi connectivity index (χ1n) is 5.34. The number of amides is 2. The Morgan fingerprint density at radius 2 is 2.29 bits per heavy atom. The highest BCUT2D eigenvalue weighted by atomic mass is 16.5. The fraction of sp³-hybridized carbons (Fsp3) is 0.455. The molecule has 2 amide bonds. The molecule has 1 rings (SSSR count). The first-order chi connectivity index (χ1) is 8.15. The molecule has 0 spiro atoms. The fourth-order valence-corrected chi connectivity index (χ4v) is 1.28. The average molecular weight is 239 g/mol. The number of aromatic nitrogens is 1. The zero-order valence-electron chi connectivity index (χ0n) is 10.0. The number of pyridine rings is 1. The summed E-state index contributed by atoms with van der Waals surface area (Å²) in [5, 5.41) is 5.14. The molecule has 0 saturated heterocycles. The molecule has 0 saturated carbocycles. The highest BCUT2D eigenvalue weighted by Crippen LogP contribution is 1.96. The molecule has 6 nitrogen and oxygen atoms in total. The Labute approximate surface area is 99.6 Å². The van der Waals surface area contributed by atoms with Crippen LogP contribution in [-0.2, 0) is 11.8 Å². The third-order valence-electron chi connectivity index (χ3n) is 2.18. The summed E-state index contributed by atoms with van der Waals surface area (Å²) in [6.07, 6.45) is 2.36. The average Bonchev–Trinajstić information content (AvgIpc) is 2.31. The van der Waals surface area contributed by atoms with Crippen molar-refractivity contribution in [2.75, 3.05) is 25.6 Å². The predicted octanol–water partition coefficient (Wildman–Crippen LogP) is 0.543. The maximum Gasteiger partial charge on any atom is 0.319 e. The summed E-state index contributed by atoms with van der Waals surface area (Å²) in [6, 6.07) is 2.88. The second kappa shape index (κ2) is 6.70. The van der Waals surface area contributed by atoms with Gasteiger partial charge in [-0.05, 0) is 18.6 Å². The van der Waals surface area contributed by atoms with Crippen LogP contribution in [0.2, 0.25) is 0 Å². The zero-order chi connectivity index (χ0) is 12.7. The molecule has 0 aliphatic carbocycles.